The Bertz CT molecular complexity index is 791. The molecule has 0 aliphatic heterocycles. The van der Waals surface area contributed by atoms with E-state index in [0.717, 1.165) is 32.3 Å². The first-order valence-electron chi connectivity index (χ1n) is 6.54. The van der Waals surface area contributed by atoms with Gasteiger partial charge in [0.25, 0.3) is 0 Å². The van der Waals surface area contributed by atoms with E-state index in [9.17, 15) is 8.78 Å². The second-order valence-corrected chi connectivity index (χ2v) is 5.90. The highest BCUT2D eigenvalue weighted by Crippen LogP contribution is 2.36. The summed E-state index contributed by atoms with van der Waals surface area (Å²) < 4.78 is 26.2. The molecule has 3 aromatic rings. The van der Waals surface area contributed by atoms with Crippen LogP contribution in [0.15, 0.2) is 42.5 Å². The number of hydrogen-bond donors (Lipinski definition) is 0. The van der Waals surface area contributed by atoms with E-state index in [1.807, 2.05) is 13.8 Å². The number of aryl methyl sites for hydroxylation is 2. The zero-order valence-corrected chi connectivity index (χ0v) is 12.5. The molecule has 0 unspecified atom stereocenters. The molecule has 106 valence electrons. The van der Waals surface area contributed by atoms with Crippen LogP contribution in [0.1, 0.15) is 11.3 Å². The summed E-state index contributed by atoms with van der Waals surface area (Å²) in [7, 11) is 0. The van der Waals surface area contributed by atoms with Gasteiger partial charge in [0.1, 0.15) is 16.6 Å². The molecular weight excluding hydrogens is 288 g/mol. The van der Waals surface area contributed by atoms with Crippen LogP contribution in [0.3, 0.4) is 0 Å². The lowest BCUT2D eigenvalue weighted by Gasteiger charge is -2.01. The Morgan fingerprint density at radius 2 is 1.57 bits per heavy atom. The molecule has 0 saturated carbocycles. The summed E-state index contributed by atoms with van der Waals surface area (Å²) in [4.78, 5) is 5.58. The zero-order chi connectivity index (χ0) is 15.0. The summed E-state index contributed by atoms with van der Waals surface area (Å²) in [5.74, 6) is -0.501. The van der Waals surface area contributed by atoms with Crippen molar-refractivity contribution in [3.05, 3.63) is 65.4 Å². The minimum Gasteiger partial charge on any atom is -0.241 e. The van der Waals surface area contributed by atoms with Gasteiger partial charge in [-0.2, -0.15) is 0 Å². The number of hydrogen-bond acceptors (Lipinski definition) is 2. The van der Waals surface area contributed by atoms with Crippen molar-refractivity contribution in [2.45, 2.75) is 13.8 Å². The lowest BCUT2D eigenvalue weighted by Crippen LogP contribution is -1.84. The molecule has 21 heavy (non-hydrogen) atoms. The first-order valence-corrected chi connectivity index (χ1v) is 7.36. The third kappa shape index (κ3) is 2.72. The molecule has 1 aromatic heterocycles. The number of benzene rings is 2. The van der Waals surface area contributed by atoms with Crippen LogP contribution in [-0.4, -0.2) is 4.98 Å². The van der Waals surface area contributed by atoms with Gasteiger partial charge in [0.15, 0.2) is 0 Å². The van der Waals surface area contributed by atoms with Gasteiger partial charge in [-0.15, -0.1) is 11.3 Å². The van der Waals surface area contributed by atoms with Crippen LogP contribution in [0.5, 0.6) is 0 Å². The highest BCUT2D eigenvalue weighted by atomic mass is 32.1. The second kappa shape index (κ2) is 5.37. The monoisotopic (exact) mass is 301 g/mol. The van der Waals surface area contributed by atoms with Crippen LogP contribution in [0.4, 0.5) is 8.78 Å². The summed E-state index contributed by atoms with van der Waals surface area (Å²) in [6, 6.07) is 11.1. The topological polar surface area (TPSA) is 12.9 Å². The third-order valence-electron chi connectivity index (χ3n) is 3.32. The summed E-state index contributed by atoms with van der Waals surface area (Å²) in [6.45, 7) is 3.80. The van der Waals surface area contributed by atoms with Gasteiger partial charge in [-0.25, -0.2) is 13.8 Å². The number of thiazole rings is 1. The van der Waals surface area contributed by atoms with Gasteiger partial charge in [-0.05, 0) is 55.3 Å². The molecule has 0 atom stereocenters. The quantitative estimate of drug-likeness (QED) is 0.620. The zero-order valence-electron chi connectivity index (χ0n) is 11.7. The van der Waals surface area contributed by atoms with Crippen LogP contribution >= 0.6 is 11.3 Å². The van der Waals surface area contributed by atoms with Crippen molar-refractivity contribution in [1.29, 1.82) is 0 Å². The average molecular weight is 301 g/mol. The summed E-state index contributed by atoms with van der Waals surface area (Å²) in [5, 5.41) is 0.851. The third-order valence-corrected chi connectivity index (χ3v) is 4.56. The fraction of sp³-hybridized carbons (Fsp3) is 0.118. The van der Waals surface area contributed by atoms with Crippen molar-refractivity contribution in [2.24, 2.45) is 0 Å². The van der Waals surface area contributed by atoms with Gasteiger partial charge in [-0.3, -0.25) is 0 Å². The molecule has 0 aliphatic rings. The largest absolute Gasteiger partial charge is 0.241 e. The Kier molecular flexibility index (Phi) is 3.55. The predicted molar refractivity (Wildman–Crippen MR) is 82.4 cm³/mol. The van der Waals surface area contributed by atoms with E-state index in [0.29, 0.717) is 0 Å². The normalized spacial score (nSPS) is 10.9. The van der Waals surface area contributed by atoms with Crippen molar-refractivity contribution in [2.75, 3.05) is 0 Å². The number of aromatic nitrogens is 1. The van der Waals surface area contributed by atoms with Gasteiger partial charge in [-0.1, -0.05) is 12.1 Å². The molecule has 0 aliphatic carbocycles. The van der Waals surface area contributed by atoms with E-state index >= 15 is 0 Å². The van der Waals surface area contributed by atoms with Crippen molar-refractivity contribution in [3.8, 4) is 21.0 Å². The second-order valence-electron chi connectivity index (χ2n) is 4.90. The van der Waals surface area contributed by atoms with Crippen LogP contribution < -0.4 is 0 Å². The molecule has 3 rings (SSSR count). The average Bonchev–Trinajstić information content (AvgIpc) is 2.81. The molecule has 0 fully saturated rings. The highest BCUT2D eigenvalue weighted by molar-refractivity contribution is 7.18. The van der Waals surface area contributed by atoms with Gasteiger partial charge in [0.2, 0.25) is 0 Å². The van der Waals surface area contributed by atoms with E-state index < -0.39 is 0 Å². The van der Waals surface area contributed by atoms with Crippen molar-refractivity contribution in [1.82, 2.24) is 4.98 Å². The predicted octanol–water partition coefficient (Wildman–Crippen LogP) is 5.37. The van der Waals surface area contributed by atoms with Gasteiger partial charge < -0.3 is 0 Å². The summed E-state index contributed by atoms with van der Waals surface area (Å²) in [5.41, 5.74) is 3.62. The molecule has 4 heteroatoms. The van der Waals surface area contributed by atoms with E-state index in [1.54, 1.807) is 18.2 Å². The van der Waals surface area contributed by atoms with Crippen LogP contribution in [0, 0.1) is 25.5 Å². The Balaban J connectivity index is 2.07. The Morgan fingerprint density at radius 3 is 2.24 bits per heavy atom. The van der Waals surface area contributed by atoms with E-state index in [2.05, 4.69) is 4.98 Å². The lowest BCUT2D eigenvalue weighted by molar-refractivity contribution is 0.626. The molecule has 0 spiro atoms. The van der Waals surface area contributed by atoms with E-state index in [4.69, 9.17) is 0 Å². The number of nitrogens with zero attached hydrogens (tertiary/aromatic N) is 1. The van der Waals surface area contributed by atoms with Gasteiger partial charge in [0.05, 0.1) is 10.6 Å². The fourth-order valence-electron chi connectivity index (χ4n) is 2.25. The first kappa shape index (κ1) is 13.9. The van der Waals surface area contributed by atoms with Gasteiger partial charge >= 0.3 is 0 Å². The fourth-order valence-corrected chi connectivity index (χ4v) is 3.41. The molecule has 1 nitrogen and oxygen atoms in total. The minimum atomic E-state index is -0.254. The smallest absolute Gasteiger partial charge is 0.124 e. The number of halogens is 2. The Labute approximate surface area is 125 Å². The molecule has 0 saturated heterocycles. The molecule has 0 bridgehead atoms. The maximum absolute atomic E-state index is 13.2. The summed E-state index contributed by atoms with van der Waals surface area (Å²) in [6.07, 6.45) is 0. The molecule has 0 amide bonds. The Hall–Kier alpha value is -2.07. The summed E-state index contributed by atoms with van der Waals surface area (Å²) >= 11 is 1.54. The first-order chi connectivity index (χ1) is 10.0. The van der Waals surface area contributed by atoms with Crippen LogP contribution in [0.2, 0.25) is 0 Å². The molecular formula is C17H13F2NS. The molecule has 0 N–H and O–H groups in total. The maximum Gasteiger partial charge on any atom is 0.124 e. The van der Waals surface area contributed by atoms with Crippen LogP contribution in [-0.2, 0) is 0 Å². The molecule has 1 heterocycles. The van der Waals surface area contributed by atoms with Crippen molar-refractivity contribution < 1.29 is 8.78 Å². The standard InChI is InChI=1S/C17H13F2NS/c1-10-9-14(19)7-8-15(10)17-20-11(2)16(21-17)12-3-5-13(18)6-4-12/h3-9H,1-2H3. The Morgan fingerprint density at radius 1 is 0.905 bits per heavy atom. The highest BCUT2D eigenvalue weighted by Gasteiger charge is 2.13. The lowest BCUT2D eigenvalue weighted by atomic mass is 10.1. The molecule has 0 radical (unpaired) electrons. The van der Waals surface area contributed by atoms with Crippen molar-refractivity contribution >= 4 is 11.3 Å². The maximum atomic E-state index is 13.2. The van der Waals surface area contributed by atoms with Crippen LogP contribution in [0.25, 0.3) is 21.0 Å². The van der Waals surface area contributed by atoms with E-state index in [1.165, 1.54) is 35.6 Å². The van der Waals surface area contributed by atoms with E-state index in [-0.39, 0.29) is 11.6 Å². The van der Waals surface area contributed by atoms with Crippen molar-refractivity contribution in [3.63, 3.8) is 0 Å². The SMILES string of the molecule is Cc1cc(F)ccc1-c1nc(C)c(-c2ccc(F)cc2)s1. The minimum absolute atomic E-state index is 0.247. The molecule has 2 aromatic carbocycles. The number of rotatable bonds is 2. The van der Waals surface area contributed by atoms with Gasteiger partial charge in [0, 0.05) is 5.56 Å².